The first-order valence-electron chi connectivity index (χ1n) is 7.16. The largest absolute Gasteiger partial charge is 0.444 e. The molecule has 0 bridgehead atoms. The summed E-state index contributed by atoms with van der Waals surface area (Å²) >= 11 is 3.52. The number of thiophene rings is 2. The monoisotopic (exact) mass is 316 g/mol. The van der Waals surface area contributed by atoms with E-state index in [4.69, 9.17) is 4.42 Å². The van der Waals surface area contributed by atoms with Gasteiger partial charge in [-0.25, -0.2) is 4.98 Å². The van der Waals surface area contributed by atoms with Gasteiger partial charge in [0.2, 0.25) is 5.89 Å². The van der Waals surface area contributed by atoms with Crippen molar-refractivity contribution in [2.45, 2.75) is 25.4 Å². The van der Waals surface area contributed by atoms with Crippen LogP contribution in [0.5, 0.6) is 0 Å². The summed E-state index contributed by atoms with van der Waals surface area (Å²) in [4.78, 5) is 9.72. The van der Waals surface area contributed by atoms with Crippen molar-refractivity contribution in [2.75, 3.05) is 6.54 Å². The third kappa shape index (κ3) is 2.69. The van der Waals surface area contributed by atoms with Gasteiger partial charge in [-0.2, -0.15) is 0 Å². The summed E-state index contributed by atoms with van der Waals surface area (Å²) in [7, 11) is 0. The molecule has 0 spiro atoms. The van der Waals surface area contributed by atoms with E-state index in [9.17, 15) is 0 Å². The Bertz CT molecular complexity index is 688. The summed E-state index contributed by atoms with van der Waals surface area (Å²) < 4.78 is 5.62. The second-order valence-corrected chi connectivity index (χ2v) is 7.19. The molecule has 0 unspecified atom stereocenters. The molecule has 0 aliphatic carbocycles. The molecule has 1 fully saturated rings. The summed E-state index contributed by atoms with van der Waals surface area (Å²) in [6, 6.07) is 9.00. The summed E-state index contributed by atoms with van der Waals surface area (Å²) in [6.45, 7) is 2.02. The fourth-order valence-electron chi connectivity index (χ4n) is 2.92. The van der Waals surface area contributed by atoms with Gasteiger partial charge in [-0.15, -0.1) is 22.7 Å². The van der Waals surface area contributed by atoms with Gasteiger partial charge in [0.25, 0.3) is 0 Å². The molecule has 0 saturated carbocycles. The van der Waals surface area contributed by atoms with Crippen LogP contribution in [0.3, 0.4) is 0 Å². The van der Waals surface area contributed by atoms with Crippen molar-refractivity contribution in [3.63, 3.8) is 0 Å². The lowest BCUT2D eigenvalue weighted by Gasteiger charge is -2.22. The average molecular weight is 316 g/mol. The average Bonchev–Trinajstić information content (AvgIpc) is 3.28. The number of hydrogen-bond donors (Lipinski definition) is 0. The molecule has 3 nitrogen and oxygen atoms in total. The van der Waals surface area contributed by atoms with Crippen molar-refractivity contribution in [1.82, 2.24) is 9.88 Å². The first-order chi connectivity index (χ1) is 10.4. The van der Waals surface area contributed by atoms with Crippen molar-refractivity contribution >= 4 is 22.7 Å². The van der Waals surface area contributed by atoms with Gasteiger partial charge in [-0.05, 0) is 42.3 Å². The highest BCUT2D eigenvalue weighted by molar-refractivity contribution is 7.13. The molecule has 1 aliphatic heterocycles. The van der Waals surface area contributed by atoms with Gasteiger partial charge in [0, 0.05) is 17.5 Å². The van der Waals surface area contributed by atoms with Gasteiger partial charge >= 0.3 is 0 Å². The first kappa shape index (κ1) is 13.2. The van der Waals surface area contributed by atoms with Gasteiger partial charge in [0.05, 0.1) is 10.6 Å². The van der Waals surface area contributed by atoms with Gasteiger partial charge < -0.3 is 4.42 Å². The topological polar surface area (TPSA) is 29.3 Å². The molecule has 5 heteroatoms. The predicted molar refractivity (Wildman–Crippen MR) is 86.5 cm³/mol. The van der Waals surface area contributed by atoms with Crippen LogP contribution in [0.2, 0.25) is 0 Å². The lowest BCUT2D eigenvalue weighted by Crippen LogP contribution is -2.22. The van der Waals surface area contributed by atoms with Crippen LogP contribution < -0.4 is 0 Å². The van der Waals surface area contributed by atoms with Gasteiger partial charge in [0.15, 0.2) is 0 Å². The zero-order valence-corrected chi connectivity index (χ0v) is 13.2. The quantitative estimate of drug-likeness (QED) is 0.692. The Kier molecular flexibility index (Phi) is 3.63. The molecule has 0 N–H and O–H groups in total. The Morgan fingerprint density at radius 3 is 2.95 bits per heavy atom. The molecular formula is C16H16N2OS2. The van der Waals surface area contributed by atoms with E-state index in [0.29, 0.717) is 6.04 Å². The summed E-state index contributed by atoms with van der Waals surface area (Å²) in [5.41, 5.74) is 1.03. The standard InChI is InChI=1S/C16H16N2OS2/c1-4-13(14-5-2-8-20-14)18(7-1)10-12-11-19-16(17-12)15-6-3-9-21-15/h2-3,5-6,8-9,11,13H,1,4,7,10H2/t13-/m0/s1. The van der Waals surface area contributed by atoms with Crippen LogP contribution in [0.4, 0.5) is 0 Å². The van der Waals surface area contributed by atoms with Crippen LogP contribution in [0, 0.1) is 0 Å². The van der Waals surface area contributed by atoms with Gasteiger partial charge in [-0.3, -0.25) is 4.90 Å². The third-order valence-electron chi connectivity index (χ3n) is 3.88. The molecule has 1 atom stereocenters. The minimum absolute atomic E-state index is 0.548. The van der Waals surface area contributed by atoms with E-state index in [1.54, 1.807) is 17.6 Å². The van der Waals surface area contributed by atoms with Crippen LogP contribution in [-0.2, 0) is 6.54 Å². The van der Waals surface area contributed by atoms with Gasteiger partial charge in [0.1, 0.15) is 6.26 Å². The van der Waals surface area contributed by atoms with E-state index in [1.807, 2.05) is 28.8 Å². The molecule has 1 aliphatic rings. The van der Waals surface area contributed by atoms with E-state index in [0.717, 1.165) is 29.6 Å². The lowest BCUT2D eigenvalue weighted by molar-refractivity contribution is 0.248. The van der Waals surface area contributed by atoms with Crippen LogP contribution in [-0.4, -0.2) is 16.4 Å². The van der Waals surface area contributed by atoms with Crippen molar-refractivity contribution in [3.8, 4) is 10.8 Å². The van der Waals surface area contributed by atoms with Crippen molar-refractivity contribution in [1.29, 1.82) is 0 Å². The van der Waals surface area contributed by atoms with E-state index in [2.05, 4.69) is 27.4 Å². The third-order valence-corrected chi connectivity index (χ3v) is 5.72. The molecule has 3 aromatic rings. The smallest absolute Gasteiger partial charge is 0.236 e. The molecule has 108 valence electrons. The number of nitrogens with zero attached hydrogens (tertiary/aromatic N) is 2. The highest BCUT2D eigenvalue weighted by Gasteiger charge is 2.27. The highest BCUT2D eigenvalue weighted by atomic mass is 32.1. The normalized spacial score (nSPS) is 19.3. The summed E-state index contributed by atoms with van der Waals surface area (Å²) in [5, 5.41) is 4.21. The maximum Gasteiger partial charge on any atom is 0.236 e. The molecule has 0 radical (unpaired) electrons. The van der Waals surface area contributed by atoms with E-state index >= 15 is 0 Å². The van der Waals surface area contributed by atoms with E-state index < -0.39 is 0 Å². The SMILES string of the molecule is c1csc(-c2nc(CN3CCC[C@H]3c3cccs3)co2)c1. The molecule has 21 heavy (non-hydrogen) atoms. The molecule has 0 amide bonds. The Balaban J connectivity index is 1.51. The minimum atomic E-state index is 0.548. The molecule has 1 saturated heterocycles. The second kappa shape index (κ2) is 5.75. The Morgan fingerprint density at radius 1 is 1.24 bits per heavy atom. The maximum absolute atomic E-state index is 5.62. The fraction of sp³-hybridized carbons (Fsp3) is 0.312. The van der Waals surface area contributed by atoms with Crippen LogP contribution in [0.1, 0.15) is 29.5 Å². The van der Waals surface area contributed by atoms with Crippen molar-refractivity contribution < 1.29 is 4.42 Å². The molecular weight excluding hydrogens is 300 g/mol. The number of oxazole rings is 1. The molecule has 0 aromatic carbocycles. The zero-order chi connectivity index (χ0) is 14.1. The molecule has 3 aromatic heterocycles. The first-order valence-corrected chi connectivity index (χ1v) is 8.92. The lowest BCUT2D eigenvalue weighted by atomic mass is 10.2. The van der Waals surface area contributed by atoms with Crippen LogP contribution in [0.25, 0.3) is 10.8 Å². The Morgan fingerprint density at radius 2 is 2.14 bits per heavy atom. The Labute approximate surface area is 131 Å². The molecule has 4 heterocycles. The number of likely N-dealkylation sites (tertiary alicyclic amines) is 1. The van der Waals surface area contributed by atoms with Crippen molar-refractivity contribution in [3.05, 3.63) is 51.9 Å². The number of rotatable bonds is 4. The Hall–Kier alpha value is -1.43. The predicted octanol–water partition coefficient (Wildman–Crippen LogP) is 4.80. The van der Waals surface area contributed by atoms with Crippen molar-refractivity contribution in [2.24, 2.45) is 0 Å². The number of aromatic nitrogens is 1. The van der Waals surface area contributed by atoms with E-state index in [1.165, 1.54) is 17.7 Å². The zero-order valence-electron chi connectivity index (χ0n) is 11.6. The summed E-state index contributed by atoms with van der Waals surface area (Å²) in [6.07, 6.45) is 4.31. The summed E-state index contributed by atoms with van der Waals surface area (Å²) in [5.74, 6) is 0.742. The fourth-order valence-corrected chi connectivity index (χ4v) is 4.47. The molecule has 4 rings (SSSR count). The van der Waals surface area contributed by atoms with Crippen LogP contribution in [0.15, 0.2) is 45.7 Å². The van der Waals surface area contributed by atoms with E-state index in [-0.39, 0.29) is 0 Å². The van der Waals surface area contributed by atoms with Gasteiger partial charge in [-0.1, -0.05) is 12.1 Å². The van der Waals surface area contributed by atoms with Crippen LogP contribution >= 0.6 is 22.7 Å². The second-order valence-electron chi connectivity index (χ2n) is 5.27. The highest BCUT2D eigenvalue weighted by Crippen LogP contribution is 2.35. The maximum atomic E-state index is 5.62. The minimum Gasteiger partial charge on any atom is -0.444 e. The number of hydrogen-bond acceptors (Lipinski definition) is 5.